The molecule has 2 saturated carbocycles. The summed E-state index contributed by atoms with van der Waals surface area (Å²) < 4.78 is 5.71. The number of hydrogen-bond donors (Lipinski definition) is 1. The predicted molar refractivity (Wildman–Crippen MR) is 89.7 cm³/mol. The second kappa shape index (κ2) is 6.52. The third kappa shape index (κ3) is 4.05. The highest BCUT2D eigenvalue weighted by atomic mass is 16.5. The third-order valence-electron chi connectivity index (χ3n) is 5.23. The van der Waals surface area contributed by atoms with Gasteiger partial charge in [0, 0.05) is 24.7 Å². The van der Waals surface area contributed by atoms with Gasteiger partial charge in [-0.2, -0.15) is 0 Å². The maximum absolute atomic E-state index is 12.3. The molecule has 3 aliphatic rings. The first kappa shape index (κ1) is 15.0. The zero-order valence-electron chi connectivity index (χ0n) is 13.7. The molecule has 1 unspecified atom stereocenters. The maximum Gasteiger partial charge on any atom is 0.251 e. The SMILES string of the molecule is O=C(NCC1CCN(C2CC2)C1)c1ccc(OCC2CC2)cc1. The van der Waals surface area contributed by atoms with Crippen molar-refractivity contribution in [2.75, 3.05) is 26.2 Å². The van der Waals surface area contributed by atoms with Crippen molar-refractivity contribution in [3.05, 3.63) is 29.8 Å². The van der Waals surface area contributed by atoms with Crippen molar-refractivity contribution >= 4 is 5.91 Å². The topological polar surface area (TPSA) is 41.6 Å². The van der Waals surface area contributed by atoms with E-state index in [0.29, 0.717) is 5.92 Å². The van der Waals surface area contributed by atoms with Crippen LogP contribution in [0.2, 0.25) is 0 Å². The number of ether oxygens (including phenoxy) is 1. The van der Waals surface area contributed by atoms with E-state index in [1.807, 2.05) is 24.3 Å². The molecule has 1 atom stereocenters. The number of nitrogens with zero attached hydrogens (tertiary/aromatic N) is 1. The van der Waals surface area contributed by atoms with Crippen LogP contribution in [-0.4, -0.2) is 43.1 Å². The molecule has 1 aromatic rings. The van der Waals surface area contributed by atoms with Gasteiger partial charge < -0.3 is 15.0 Å². The number of carbonyl (C=O) groups excluding carboxylic acids is 1. The van der Waals surface area contributed by atoms with Gasteiger partial charge in [-0.15, -0.1) is 0 Å². The minimum Gasteiger partial charge on any atom is -0.493 e. The zero-order valence-corrected chi connectivity index (χ0v) is 13.7. The minimum absolute atomic E-state index is 0.0311. The quantitative estimate of drug-likeness (QED) is 0.841. The van der Waals surface area contributed by atoms with Gasteiger partial charge >= 0.3 is 0 Å². The van der Waals surface area contributed by atoms with E-state index >= 15 is 0 Å². The van der Waals surface area contributed by atoms with Gasteiger partial charge in [-0.05, 0) is 74.8 Å². The lowest BCUT2D eigenvalue weighted by molar-refractivity contribution is 0.0947. The Morgan fingerprint density at radius 1 is 1.09 bits per heavy atom. The van der Waals surface area contributed by atoms with E-state index in [1.54, 1.807) is 0 Å². The molecule has 4 heteroatoms. The first-order chi connectivity index (χ1) is 11.3. The highest BCUT2D eigenvalue weighted by molar-refractivity contribution is 5.94. The van der Waals surface area contributed by atoms with Crippen LogP contribution >= 0.6 is 0 Å². The van der Waals surface area contributed by atoms with Gasteiger partial charge in [0.25, 0.3) is 5.91 Å². The molecule has 1 N–H and O–H groups in total. The van der Waals surface area contributed by atoms with Gasteiger partial charge in [0.2, 0.25) is 0 Å². The molecule has 0 bridgehead atoms. The number of amides is 1. The standard InChI is InChI=1S/C19H26N2O2/c22-19(20-11-15-9-10-21(12-15)17-5-6-17)16-3-7-18(8-4-16)23-13-14-1-2-14/h3-4,7-8,14-15,17H,1-2,5-6,9-13H2,(H,20,22). The van der Waals surface area contributed by atoms with Gasteiger partial charge in [0.05, 0.1) is 6.61 Å². The molecule has 0 radical (unpaired) electrons. The normalized spacial score (nSPS) is 24.6. The van der Waals surface area contributed by atoms with Gasteiger partial charge in [-0.1, -0.05) is 0 Å². The summed E-state index contributed by atoms with van der Waals surface area (Å²) in [4.78, 5) is 14.8. The van der Waals surface area contributed by atoms with Crippen molar-refractivity contribution in [2.45, 2.75) is 38.1 Å². The number of likely N-dealkylation sites (tertiary alicyclic amines) is 1. The third-order valence-corrected chi connectivity index (χ3v) is 5.23. The van der Waals surface area contributed by atoms with E-state index in [9.17, 15) is 4.79 Å². The van der Waals surface area contributed by atoms with Crippen LogP contribution in [0, 0.1) is 11.8 Å². The summed E-state index contributed by atoms with van der Waals surface area (Å²) in [6.45, 7) is 3.96. The van der Waals surface area contributed by atoms with Crippen LogP contribution in [0.15, 0.2) is 24.3 Å². The van der Waals surface area contributed by atoms with Crippen LogP contribution < -0.4 is 10.1 Å². The smallest absolute Gasteiger partial charge is 0.251 e. The van der Waals surface area contributed by atoms with E-state index < -0.39 is 0 Å². The lowest BCUT2D eigenvalue weighted by atomic mass is 10.1. The largest absolute Gasteiger partial charge is 0.493 e. The summed E-state index contributed by atoms with van der Waals surface area (Å²) in [6, 6.07) is 8.38. The average Bonchev–Trinajstić information content (AvgIpc) is 3.51. The van der Waals surface area contributed by atoms with E-state index in [0.717, 1.165) is 43.0 Å². The van der Waals surface area contributed by atoms with Crippen molar-refractivity contribution in [2.24, 2.45) is 11.8 Å². The van der Waals surface area contributed by atoms with Gasteiger partial charge in [-0.3, -0.25) is 4.79 Å². The molecular formula is C19H26N2O2. The van der Waals surface area contributed by atoms with E-state index in [4.69, 9.17) is 4.74 Å². The Kier molecular flexibility index (Phi) is 4.25. The summed E-state index contributed by atoms with van der Waals surface area (Å²) >= 11 is 0. The summed E-state index contributed by atoms with van der Waals surface area (Å²) in [6.07, 6.45) is 6.53. The molecule has 124 valence electrons. The second-order valence-corrected chi connectivity index (χ2v) is 7.37. The molecule has 1 amide bonds. The first-order valence-corrected chi connectivity index (χ1v) is 9.03. The first-order valence-electron chi connectivity index (χ1n) is 9.03. The maximum atomic E-state index is 12.3. The highest BCUT2D eigenvalue weighted by Crippen LogP contribution is 2.31. The number of carbonyl (C=O) groups is 1. The highest BCUT2D eigenvalue weighted by Gasteiger charge is 2.34. The van der Waals surface area contributed by atoms with Crippen LogP contribution in [0.1, 0.15) is 42.5 Å². The Bertz CT molecular complexity index is 549. The lowest BCUT2D eigenvalue weighted by Gasteiger charge is -2.15. The van der Waals surface area contributed by atoms with Crippen molar-refractivity contribution < 1.29 is 9.53 Å². The van der Waals surface area contributed by atoms with Gasteiger partial charge in [0.1, 0.15) is 5.75 Å². The Hall–Kier alpha value is -1.55. The molecule has 1 saturated heterocycles. The number of rotatable bonds is 7. The zero-order chi connectivity index (χ0) is 15.6. The Labute approximate surface area is 138 Å². The Balaban J connectivity index is 1.22. The average molecular weight is 314 g/mol. The molecule has 4 rings (SSSR count). The molecular weight excluding hydrogens is 288 g/mol. The van der Waals surface area contributed by atoms with Crippen LogP contribution in [0.3, 0.4) is 0 Å². The predicted octanol–water partition coefficient (Wildman–Crippen LogP) is 2.69. The molecule has 1 aromatic carbocycles. The van der Waals surface area contributed by atoms with Crippen molar-refractivity contribution in [3.63, 3.8) is 0 Å². The lowest BCUT2D eigenvalue weighted by Crippen LogP contribution is -2.31. The molecule has 2 aliphatic carbocycles. The fourth-order valence-corrected chi connectivity index (χ4v) is 3.34. The molecule has 4 nitrogen and oxygen atoms in total. The number of benzene rings is 1. The summed E-state index contributed by atoms with van der Waals surface area (Å²) in [7, 11) is 0. The van der Waals surface area contributed by atoms with E-state index in [-0.39, 0.29) is 5.91 Å². The fourth-order valence-electron chi connectivity index (χ4n) is 3.34. The van der Waals surface area contributed by atoms with Gasteiger partial charge in [-0.25, -0.2) is 0 Å². The fraction of sp³-hybridized carbons (Fsp3) is 0.632. The van der Waals surface area contributed by atoms with Crippen molar-refractivity contribution in [1.82, 2.24) is 10.2 Å². The van der Waals surface area contributed by atoms with E-state index in [1.165, 1.54) is 38.6 Å². The molecule has 0 aromatic heterocycles. The minimum atomic E-state index is 0.0311. The van der Waals surface area contributed by atoms with Crippen LogP contribution in [0.4, 0.5) is 0 Å². The van der Waals surface area contributed by atoms with Crippen molar-refractivity contribution in [3.8, 4) is 5.75 Å². The monoisotopic (exact) mass is 314 g/mol. The molecule has 23 heavy (non-hydrogen) atoms. The summed E-state index contributed by atoms with van der Waals surface area (Å²) in [5.41, 5.74) is 0.723. The number of nitrogens with one attached hydrogen (secondary N) is 1. The Morgan fingerprint density at radius 2 is 1.87 bits per heavy atom. The summed E-state index contributed by atoms with van der Waals surface area (Å²) in [5.74, 6) is 2.26. The van der Waals surface area contributed by atoms with E-state index in [2.05, 4.69) is 10.2 Å². The second-order valence-electron chi connectivity index (χ2n) is 7.37. The Morgan fingerprint density at radius 3 is 2.57 bits per heavy atom. The van der Waals surface area contributed by atoms with Crippen LogP contribution in [0.5, 0.6) is 5.75 Å². The molecule has 3 fully saturated rings. The number of hydrogen-bond acceptors (Lipinski definition) is 3. The summed E-state index contributed by atoms with van der Waals surface area (Å²) in [5, 5.41) is 3.09. The molecule has 0 spiro atoms. The molecule has 1 aliphatic heterocycles. The molecule has 1 heterocycles. The van der Waals surface area contributed by atoms with Crippen LogP contribution in [0.25, 0.3) is 0 Å². The van der Waals surface area contributed by atoms with Crippen molar-refractivity contribution in [1.29, 1.82) is 0 Å². The van der Waals surface area contributed by atoms with Gasteiger partial charge in [0.15, 0.2) is 0 Å². The van der Waals surface area contributed by atoms with Crippen LogP contribution in [-0.2, 0) is 0 Å².